The van der Waals surface area contributed by atoms with Crippen LogP contribution in [0.1, 0.15) is 12.5 Å². The van der Waals surface area contributed by atoms with Crippen molar-refractivity contribution >= 4 is 11.7 Å². The summed E-state index contributed by atoms with van der Waals surface area (Å²) < 4.78 is 4.93. The number of nitro groups is 1. The van der Waals surface area contributed by atoms with Crippen molar-refractivity contribution in [2.24, 2.45) is 5.92 Å². The van der Waals surface area contributed by atoms with Crippen molar-refractivity contribution in [3.63, 3.8) is 0 Å². The minimum absolute atomic E-state index is 0.0929. The van der Waals surface area contributed by atoms with Crippen LogP contribution in [0.4, 0.5) is 5.69 Å². The number of rotatable bonds is 7. The van der Waals surface area contributed by atoms with Gasteiger partial charge in [0.1, 0.15) is 0 Å². The number of aliphatic carboxylic acids is 1. The van der Waals surface area contributed by atoms with Crippen molar-refractivity contribution in [1.82, 2.24) is 4.90 Å². The van der Waals surface area contributed by atoms with E-state index < -0.39 is 16.8 Å². The van der Waals surface area contributed by atoms with Gasteiger partial charge < -0.3 is 14.7 Å². The number of carbonyl (C=O) groups is 1. The molecular weight excluding hydrogens is 264 g/mol. The predicted octanol–water partition coefficient (Wildman–Crippen LogP) is 1.76. The van der Waals surface area contributed by atoms with E-state index >= 15 is 0 Å². The van der Waals surface area contributed by atoms with E-state index in [2.05, 4.69) is 0 Å². The van der Waals surface area contributed by atoms with Gasteiger partial charge >= 0.3 is 11.7 Å². The van der Waals surface area contributed by atoms with Crippen LogP contribution in [0.2, 0.25) is 0 Å². The Bertz CT molecular complexity index is 504. The molecule has 0 aromatic heterocycles. The Morgan fingerprint density at radius 1 is 1.55 bits per heavy atom. The van der Waals surface area contributed by atoms with Gasteiger partial charge in [-0.05, 0) is 18.7 Å². The normalized spacial score (nSPS) is 12.2. The highest BCUT2D eigenvalue weighted by Gasteiger charge is 2.17. The monoisotopic (exact) mass is 282 g/mol. The Balaban J connectivity index is 2.80. The van der Waals surface area contributed by atoms with Crippen molar-refractivity contribution in [1.29, 1.82) is 0 Å². The van der Waals surface area contributed by atoms with Gasteiger partial charge in [-0.1, -0.05) is 13.0 Å². The van der Waals surface area contributed by atoms with Crippen LogP contribution in [0.15, 0.2) is 18.2 Å². The van der Waals surface area contributed by atoms with Gasteiger partial charge in [0, 0.05) is 19.2 Å². The Morgan fingerprint density at radius 2 is 2.20 bits per heavy atom. The zero-order valence-corrected chi connectivity index (χ0v) is 11.7. The highest BCUT2D eigenvalue weighted by Crippen LogP contribution is 2.27. The number of hydrogen-bond acceptors (Lipinski definition) is 5. The molecule has 1 N–H and O–H groups in total. The zero-order chi connectivity index (χ0) is 15.3. The average molecular weight is 282 g/mol. The summed E-state index contributed by atoms with van der Waals surface area (Å²) in [5.74, 6) is -1.15. The predicted molar refractivity (Wildman–Crippen MR) is 72.8 cm³/mol. The summed E-state index contributed by atoms with van der Waals surface area (Å²) in [6.45, 7) is 2.42. The molecule has 0 aliphatic heterocycles. The van der Waals surface area contributed by atoms with E-state index in [0.717, 1.165) is 5.56 Å². The van der Waals surface area contributed by atoms with Gasteiger partial charge in [-0.2, -0.15) is 0 Å². The van der Waals surface area contributed by atoms with Crippen LogP contribution in [0.5, 0.6) is 5.75 Å². The fraction of sp³-hybridized carbons (Fsp3) is 0.462. The number of carboxylic acids is 1. The second-order valence-corrected chi connectivity index (χ2v) is 4.70. The molecule has 1 aromatic rings. The first-order valence-electron chi connectivity index (χ1n) is 6.07. The van der Waals surface area contributed by atoms with Crippen LogP contribution in [-0.2, 0) is 11.3 Å². The number of methoxy groups -OCH3 is 1. The summed E-state index contributed by atoms with van der Waals surface area (Å²) in [6, 6.07) is 4.72. The van der Waals surface area contributed by atoms with E-state index in [1.54, 1.807) is 26.1 Å². The summed E-state index contributed by atoms with van der Waals surface area (Å²) in [6.07, 6.45) is 0. The molecule has 0 saturated carbocycles. The van der Waals surface area contributed by atoms with Gasteiger partial charge in [0.2, 0.25) is 0 Å². The van der Waals surface area contributed by atoms with Gasteiger partial charge in [-0.3, -0.25) is 14.9 Å². The second kappa shape index (κ2) is 6.85. The molecule has 1 unspecified atom stereocenters. The molecular formula is C13H18N2O5. The quantitative estimate of drug-likeness (QED) is 0.605. The van der Waals surface area contributed by atoms with Crippen molar-refractivity contribution < 1.29 is 19.6 Å². The smallest absolute Gasteiger partial charge is 0.311 e. The Hall–Kier alpha value is -2.15. The first-order valence-corrected chi connectivity index (χ1v) is 6.07. The van der Waals surface area contributed by atoms with Gasteiger partial charge in [-0.15, -0.1) is 0 Å². The van der Waals surface area contributed by atoms with E-state index in [1.165, 1.54) is 13.2 Å². The third-order valence-corrected chi connectivity index (χ3v) is 2.90. The maximum atomic E-state index is 10.9. The van der Waals surface area contributed by atoms with Crippen LogP contribution in [-0.4, -0.2) is 41.6 Å². The van der Waals surface area contributed by atoms with E-state index in [1.807, 2.05) is 4.90 Å². The molecule has 7 nitrogen and oxygen atoms in total. The number of nitro benzene ring substituents is 1. The fourth-order valence-electron chi connectivity index (χ4n) is 1.90. The molecule has 0 spiro atoms. The second-order valence-electron chi connectivity index (χ2n) is 4.70. The largest absolute Gasteiger partial charge is 0.490 e. The van der Waals surface area contributed by atoms with E-state index in [0.29, 0.717) is 13.1 Å². The van der Waals surface area contributed by atoms with Crippen LogP contribution < -0.4 is 4.74 Å². The molecule has 0 aliphatic carbocycles. The average Bonchev–Trinajstić information content (AvgIpc) is 2.38. The summed E-state index contributed by atoms with van der Waals surface area (Å²) in [5, 5.41) is 19.8. The van der Waals surface area contributed by atoms with E-state index in [-0.39, 0.29) is 11.4 Å². The van der Waals surface area contributed by atoms with Gasteiger partial charge in [-0.25, -0.2) is 0 Å². The lowest BCUT2D eigenvalue weighted by Crippen LogP contribution is -2.28. The van der Waals surface area contributed by atoms with Crippen LogP contribution in [0.3, 0.4) is 0 Å². The van der Waals surface area contributed by atoms with Gasteiger partial charge in [0.15, 0.2) is 5.75 Å². The Morgan fingerprint density at radius 3 is 2.70 bits per heavy atom. The number of benzene rings is 1. The molecule has 0 saturated heterocycles. The lowest BCUT2D eigenvalue weighted by Gasteiger charge is -2.19. The van der Waals surface area contributed by atoms with Crippen molar-refractivity contribution in [3.8, 4) is 5.75 Å². The minimum atomic E-state index is -0.863. The third-order valence-electron chi connectivity index (χ3n) is 2.90. The van der Waals surface area contributed by atoms with Crippen molar-refractivity contribution in [3.05, 3.63) is 33.9 Å². The fourth-order valence-corrected chi connectivity index (χ4v) is 1.90. The number of hydrogen-bond donors (Lipinski definition) is 1. The highest BCUT2D eigenvalue weighted by molar-refractivity contribution is 5.69. The molecule has 0 fully saturated rings. The topological polar surface area (TPSA) is 92.9 Å². The molecule has 20 heavy (non-hydrogen) atoms. The molecule has 1 aromatic carbocycles. The van der Waals surface area contributed by atoms with Crippen LogP contribution >= 0.6 is 0 Å². The molecule has 1 rings (SSSR count). The summed E-state index contributed by atoms with van der Waals surface area (Å²) in [5.41, 5.74) is 0.641. The number of carboxylic acid groups (broad SMARTS) is 1. The maximum Gasteiger partial charge on any atom is 0.311 e. The summed E-state index contributed by atoms with van der Waals surface area (Å²) >= 11 is 0. The minimum Gasteiger partial charge on any atom is -0.490 e. The van der Waals surface area contributed by atoms with Crippen LogP contribution in [0.25, 0.3) is 0 Å². The van der Waals surface area contributed by atoms with E-state index in [9.17, 15) is 14.9 Å². The Labute approximate surface area is 116 Å². The molecule has 0 amide bonds. The number of nitrogens with zero attached hydrogens (tertiary/aromatic N) is 2. The summed E-state index contributed by atoms with van der Waals surface area (Å²) in [7, 11) is 3.15. The van der Waals surface area contributed by atoms with E-state index in [4.69, 9.17) is 9.84 Å². The standard InChI is InChI=1S/C13H18N2O5/c1-9(13(16)17)7-14(2)8-10-4-5-12(20-3)11(6-10)15(18)19/h4-6,9H,7-8H2,1-3H3,(H,16,17). The molecule has 110 valence electrons. The SMILES string of the molecule is COc1ccc(CN(C)CC(C)C(=O)O)cc1[N+](=O)[O-]. The molecule has 0 heterocycles. The third kappa shape index (κ3) is 4.20. The lowest BCUT2D eigenvalue weighted by atomic mass is 10.1. The summed E-state index contributed by atoms with van der Waals surface area (Å²) in [4.78, 5) is 23.0. The molecule has 0 aliphatic rings. The molecule has 1 atom stereocenters. The maximum absolute atomic E-state index is 10.9. The molecule has 0 bridgehead atoms. The Kier molecular flexibility index (Phi) is 5.45. The molecule has 7 heteroatoms. The highest BCUT2D eigenvalue weighted by atomic mass is 16.6. The van der Waals surface area contributed by atoms with Gasteiger partial charge in [0.25, 0.3) is 0 Å². The van der Waals surface area contributed by atoms with Gasteiger partial charge in [0.05, 0.1) is 18.0 Å². The van der Waals surface area contributed by atoms with Crippen molar-refractivity contribution in [2.75, 3.05) is 20.7 Å². The van der Waals surface area contributed by atoms with Crippen molar-refractivity contribution in [2.45, 2.75) is 13.5 Å². The first-order chi connectivity index (χ1) is 9.35. The first kappa shape index (κ1) is 15.9. The molecule has 0 radical (unpaired) electrons. The lowest BCUT2D eigenvalue weighted by molar-refractivity contribution is -0.385. The zero-order valence-electron chi connectivity index (χ0n) is 11.7. The number of ether oxygens (including phenoxy) is 1. The van der Waals surface area contributed by atoms with Crippen LogP contribution in [0, 0.1) is 16.0 Å².